The van der Waals surface area contributed by atoms with Crippen LogP contribution < -0.4 is 5.32 Å². The summed E-state index contributed by atoms with van der Waals surface area (Å²) in [7, 11) is 0. The zero-order valence-corrected chi connectivity index (χ0v) is 14.2. The zero-order valence-electron chi connectivity index (χ0n) is 12.7. The molecule has 2 unspecified atom stereocenters. The van der Waals surface area contributed by atoms with Crippen LogP contribution in [0.25, 0.3) is 0 Å². The summed E-state index contributed by atoms with van der Waals surface area (Å²) in [5.41, 5.74) is 3.81. The van der Waals surface area contributed by atoms with Gasteiger partial charge in [0.25, 0.3) is 0 Å². The van der Waals surface area contributed by atoms with Gasteiger partial charge in [0.05, 0.1) is 10.0 Å². The zero-order chi connectivity index (χ0) is 15.4. The van der Waals surface area contributed by atoms with E-state index >= 15 is 0 Å². The predicted octanol–water partition coefficient (Wildman–Crippen LogP) is 6.10. The molecule has 0 amide bonds. The molecule has 0 radical (unpaired) electrons. The summed E-state index contributed by atoms with van der Waals surface area (Å²) in [4.78, 5) is 0. The predicted molar refractivity (Wildman–Crippen MR) is 92.2 cm³/mol. The van der Waals surface area contributed by atoms with Crippen LogP contribution in [0.5, 0.6) is 0 Å². The van der Waals surface area contributed by atoms with E-state index in [9.17, 15) is 0 Å². The van der Waals surface area contributed by atoms with E-state index in [0.717, 1.165) is 6.42 Å². The summed E-state index contributed by atoms with van der Waals surface area (Å²) in [5, 5.41) is 4.89. The summed E-state index contributed by atoms with van der Waals surface area (Å²) in [6.07, 6.45) is 0.994. The normalized spacial score (nSPS) is 14.0. The van der Waals surface area contributed by atoms with E-state index in [0.29, 0.717) is 10.0 Å². The second-order valence-corrected chi connectivity index (χ2v) is 6.19. The lowest BCUT2D eigenvalue weighted by molar-refractivity contribution is 0.455. The van der Waals surface area contributed by atoms with Crippen molar-refractivity contribution >= 4 is 23.2 Å². The van der Waals surface area contributed by atoms with Crippen molar-refractivity contribution in [2.75, 3.05) is 0 Å². The fraction of sp³-hybridized carbons (Fsp3) is 0.333. The van der Waals surface area contributed by atoms with E-state index < -0.39 is 0 Å². The Morgan fingerprint density at radius 2 is 1.76 bits per heavy atom. The summed E-state index contributed by atoms with van der Waals surface area (Å²) < 4.78 is 0. The number of benzene rings is 2. The molecule has 0 aliphatic carbocycles. The Bertz CT molecular complexity index is 610. The van der Waals surface area contributed by atoms with Gasteiger partial charge in [-0.2, -0.15) is 0 Å². The Kier molecular flexibility index (Phi) is 5.69. The third-order valence-corrected chi connectivity index (χ3v) is 4.60. The van der Waals surface area contributed by atoms with Crippen LogP contribution >= 0.6 is 23.2 Å². The minimum atomic E-state index is 0.259. The monoisotopic (exact) mass is 321 g/mol. The van der Waals surface area contributed by atoms with Gasteiger partial charge in [-0.25, -0.2) is 0 Å². The van der Waals surface area contributed by atoms with Crippen molar-refractivity contribution in [2.24, 2.45) is 0 Å². The van der Waals surface area contributed by atoms with E-state index in [2.05, 4.69) is 50.4 Å². The van der Waals surface area contributed by atoms with Crippen molar-refractivity contribution in [3.8, 4) is 0 Å². The smallest absolute Gasteiger partial charge is 0.0595 e. The maximum absolute atomic E-state index is 6.13. The van der Waals surface area contributed by atoms with Gasteiger partial charge in [-0.05, 0) is 49.1 Å². The standard InChI is InChI=1S/C18H21Cl2N/c1-4-18(14-9-10-16(19)17(20)11-14)21-13(3)15-8-6-5-7-12(15)2/h5-11,13,18,21H,4H2,1-3H3. The van der Waals surface area contributed by atoms with Crippen LogP contribution in [-0.4, -0.2) is 0 Å². The lowest BCUT2D eigenvalue weighted by Gasteiger charge is -2.24. The fourth-order valence-corrected chi connectivity index (χ4v) is 2.95. The number of hydrogen-bond acceptors (Lipinski definition) is 1. The fourth-order valence-electron chi connectivity index (χ4n) is 2.64. The van der Waals surface area contributed by atoms with Gasteiger partial charge in [-0.1, -0.05) is 60.5 Å². The molecule has 0 saturated heterocycles. The van der Waals surface area contributed by atoms with Gasteiger partial charge < -0.3 is 5.32 Å². The van der Waals surface area contributed by atoms with Crippen molar-refractivity contribution in [1.82, 2.24) is 5.32 Å². The van der Waals surface area contributed by atoms with Gasteiger partial charge in [0.1, 0.15) is 0 Å². The van der Waals surface area contributed by atoms with Gasteiger partial charge in [-0.3, -0.25) is 0 Å². The highest BCUT2D eigenvalue weighted by Gasteiger charge is 2.15. The molecule has 1 N–H and O–H groups in total. The minimum Gasteiger partial charge on any atom is -0.303 e. The SMILES string of the molecule is CCC(NC(C)c1ccccc1C)c1ccc(Cl)c(Cl)c1. The Labute approximate surface area is 137 Å². The molecule has 0 spiro atoms. The molecule has 0 bridgehead atoms. The van der Waals surface area contributed by atoms with E-state index in [4.69, 9.17) is 23.2 Å². The van der Waals surface area contributed by atoms with E-state index in [1.807, 2.05) is 18.2 Å². The van der Waals surface area contributed by atoms with Crippen molar-refractivity contribution in [1.29, 1.82) is 0 Å². The first-order chi connectivity index (χ1) is 10.0. The molecule has 2 aromatic rings. The average molecular weight is 322 g/mol. The molecule has 1 nitrogen and oxygen atoms in total. The maximum Gasteiger partial charge on any atom is 0.0595 e. The molecule has 2 rings (SSSR count). The molecule has 0 aliphatic rings. The number of rotatable bonds is 5. The number of nitrogens with one attached hydrogen (secondary N) is 1. The summed E-state index contributed by atoms with van der Waals surface area (Å²) in [6.45, 7) is 6.51. The quantitative estimate of drug-likeness (QED) is 0.701. The van der Waals surface area contributed by atoms with E-state index in [1.165, 1.54) is 16.7 Å². The molecule has 3 heteroatoms. The summed E-state index contributed by atoms with van der Waals surface area (Å²) in [6, 6.07) is 14.9. The van der Waals surface area contributed by atoms with Gasteiger partial charge >= 0.3 is 0 Å². The minimum absolute atomic E-state index is 0.259. The summed E-state index contributed by atoms with van der Waals surface area (Å²) in [5.74, 6) is 0. The van der Waals surface area contributed by atoms with Crippen LogP contribution in [0.3, 0.4) is 0 Å². The van der Waals surface area contributed by atoms with Crippen molar-refractivity contribution in [2.45, 2.75) is 39.3 Å². The van der Waals surface area contributed by atoms with Crippen LogP contribution in [0.4, 0.5) is 0 Å². The Hall–Kier alpha value is -1.02. The van der Waals surface area contributed by atoms with Crippen LogP contribution in [0.1, 0.15) is 49.0 Å². The molecule has 0 saturated carbocycles. The number of halogens is 2. The first-order valence-corrected chi connectivity index (χ1v) is 8.05. The van der Waals surface area contributed by atoms with Gasteiger partial charge in [0, 0.05) is 12.1 Å². The Morgan fingerprint density at radius 3 is 2.38 bits per heavy atom. The first-order valence-electron chi connectivity index (χ1n) is 7.29. The van der Waals surface area contributed by atoms with E-state index in [1.54, 1.807) is 0 Å². The van der Waals surface area contributed by atoms with Crippen molar-refractivity contribution in [3.63, 3.8) is 0 Å². The maximum atomic E-state index is 6.13. The summed E-state index contributed by atoms with van der Waals surface area (Å²) >= 11 is 12.1. The van der Waals surface area contributed by atoms with Gasteiger partial charge in [-0.15, -0.1) is 0 Å². The first kappa shape index (κ1) is 16.4. The molecule has 0 heterocycles. The van der Waals surface area contributed by atoms with Crippen LogP contribution in [0.2, 0.25) is 10.0 Å². The number of hydrogen-bond donors (Lipinski definition) is 1. The molecular weight excluding hydrogens is 301 g/mol. The molecule has 2 atom stereocenters. The van der Waals surface area contributed by atoms with Crippen LogP contribution in [0.15, 0.2) is 42.5 Å². The second kappa shape index (κ2) is 7.31. The van der Waals surface area contributed by atoms with Crippen molar-refractivity contribution < 1.29 is 0 Å². The van der Waals surface area contributed by atoms with Crippen LogP contribution in [0, 0.1) is 6.92 Å². The molecule has 0 aromatic heterocycles. The highest BCUT2D eigenvalue weighted by Crippen LogP contribution is 2.29. The highest BCUT2D eigenvalue weighted by atomic mass is 35.5. The van der Waals surface area contributed by atoms with Crippen LogP contribution in [-0.2, 0) is 0 Å². The second-order valence-electron chi connectivity index (χ2n) is 5.38. The van der Waals surface area contributed by atoms with Gasteiger partial charge in [0.2, 0.25) is 0 Å². The molecule has 0 fully saturated rings. The van der Waals surface area contributed by atoms with E-state index in [-0.39, 0.29) is 12.1 Å². The molecule has 112 valence electrons. The highest BCUT2D eigenvalue weighted by molar-refractivity contribution is 6.42. The Balaban J connectivity index is 2.19. The molecular formula is C18H21Cl2N. The average Bonchev–Trinajstić information content (AvgIpc) is 2.48. The molecule has 21 heavy (non-hydrogen) atoms. The molecule has 0 aliphatic heterocycles. The third-order valence-electron chi connectivity index (χ3n) is 3.86. The van der Waals surface area contributed by atoms with Gasteiger partial charge in [0.15, 0.2) is 0 Å². The number of aryl methyl sites for hydroxylation is 1. The molecule has 2 aromatic carbocycles. The van der Waals surface area contributed by atoms with Crippen molar-refractivity contribution in [3.05, 3.63) is 69.2 Å². The lowest BCUT2D eigenvalue weighted by Crippen LogP contribution is -2.24. The lowest BCUT2D eigenvalue weighted by atomic mass is 9.99. The largest absolute Gasteiger partial charge is 0.303 e. The topological polar surface area (TPSA) is 12.0 Å². The third kappa shape index (κ3) is 4.00. The Morgan fingerprint density at radius 1 is 1.05 bits per heavy atom.